The van der Waals surface area contributed by atoms with Gasteiger partial charge in [0.05, 0.1) is 0 Å². The van der Waals surface area contributed by atoms with Gasteiger partial charge < -0.3 is 4.90 Å². The van der Waals surface area contributed by atoms with E-state index in [2.05, 4.69) is 36.1 Å². The number of benzene rings is 1. The first-order valence-electron chi connectivity index (χ1n) is 8.54. The molecule has 1 aromatic rings. The van der Waals surface area contributed by atoms with Gasteiger partial charge in [-0.05, 0) is 68.4 Å². The topological polar surface area (TPSA) is 20.3 Å². The molecule has 0 N–H and O–H groups in total. The van der Waals surface area contributed by atoms with Crippen LogP contribution in [0.15, 0.2) is 24.3 Å². The minimum atomic E-state index is 0.415. The molecule has 1 saturated heterocycles. The normalized spacial score (nSPS) is 22.3. The largest absolute Gasteiger partial charge is 0.342 e. The van der Waals surface area contributed by atoms with Crippen molar-refractivity contribution < 1.29 is 4.79 Å². The molecular weight excluding hydrogens is 258 g/mol. The number of amides is 1. The van der Waals surface area contributed by atoms with Gasteiger partial charge in [0.1, 0.15) is 0 Å². The number of carbonyl (C=O) groups excluding carboxylic acids is 1. The standard InChI is InChI=1S/C19H27NO/c1-15-5-2-3-7-18(15)11-10-17-6-4-12-20(14-17)19(21)13-16-8-9-16/h2-3,5,7,16-17H,4,6,8-14H2,1H3. The third-order valence-electron chi connectivity index (χ3n) is 5.12. The van der Waals surface area contributed by atoms with Crippen LogP contribution in [0.3, 0.4) is 0 Å². The fourth-order valence-corrected chi connectivity index (χ4v) is 3.48. The SMILES string of the molecule is Cc1ccccc1CCC1CCCN(C(=O)CC2CC2)C1. The van der Waals surface area contributed by atoms with E-state index in [9.17, 15) is 4.79 Å². The van der Waals surface area contributed by atoms with Crippen LogP contribution in [-0.4, -0.2) is 23.9 Å². The van der Waals surface area contributed by atoms with E-state index in [0.29, 0.717) is 17.7 Å². The smallest absolute Gasteiger partial charge is 0.222 e. The molecule has 2 fully saturated rings. The van der Waals surface area contributed by atoms with Gasteiger partial charge in [0.2, 0.25) is 5.91 Å². The Morgan fingerprint density at radius 3 is 2.76 bits per heavy atom. The molecule has 0 spiro atoms. The lowest BCUT2D eigenvalue weighted by atomic mass is 9.90. The van der Waals surface area contributed by atoms with Crippen molar-refractivity contribution in [2.75, 3.05) is 13.1 Å². The number of piperidine rings is 1. The summed E-state index contributed by atoms with van der Waals surface area (Å²) in [4.78, 5) is 14.4. The van der Waals surface area contributed by atoms with Crippen molar-refractivity contribution in [3.8, 4) is 0 Å². The summed E-state index contributed by atoms with van der Waals surface area (Å²) in [6.45, 7) is 4.19. The summed E-state index contributed by atoms with van der Waals surface area (Å²) in [5.74, 6) is 1.82. The van der Waals surface area contributed by atoms with E-state index >= 15 is 0 Å². The molecule has 21 heavy (non-hydrogen) atoms. The summed E-state index contributed by atoms with van der Waals surface area (Å²) >= 11 is 0. The predicted molar refractivity (Wildman–Crippen MR) is 86.1 cm³/mol. The Hall–Kier alpha value is -1.31. The lowest BCUT2D eigenvalue weighted by Gasteiger charge is -2.33. The maximum atomic E-state index is 12.2. The maximum absolute atomic E-state index is 12.2. The second-order valence-electron chi connectivity index (χ2n) is 6.96. The van der Waals surface area contributed by atoms with Crippen molar-refractivity contribution in [3.05, 3.63) is 35.4 Å². The van der Waals surface area contributed by atoms with Gasteiger partial charge in [-0.25, -0.2) is 0 Å². The zero-order valence-corrected chi connectivity index (χ0v) is 13.2. The molecule has 2 nitrogen and oxygen atoms in total. The molecule has 2 heteroatoms. The zero-order chi connectivity index (χ0) is 14.7. The lowest BCUT2D eigenvalue weighted by molar-refractivity contribution is -0.133. The number of nitrogens with zero attached hydrogens (tertiary/aromatic N) is 1. The van der Waals surface area contributed by atoms with Crippen LogP contribution in [0, 0.1) is 18.8 Å². The Labute approximate surface area is 128 Å². The predicted octanol–water partition coefficient (Wildman–Crippen LogP) is 3.97. The molecule has 1 amide bonds. The summed E-state index contributed by atoms with van der Waals surface area (Å²) in [6.07, 6.45) is 8.21. The van der Waals surface area contributed by atoms with E-state index in [4.69, 9.17) is 0 Å². The highest BCUT2D eigenvalue weighted by molar-refractivity contribution is 5.76. The van der Waals surface area contributed by atoms with Crippen LogP contribution >= 0.6 is 0 Å². The van der Waals surface area contributed by atoms with Crippen LogP contribution in [0.25, 0.3) is 0 Å². The van der Waals surface area contributed by atoms with E-state index in [-0.39, 0.29) is 0 Å². The second-order valence-corrected chi connectivity index (χ2v) is 6.96. The summed E-state index contributed by atoms with van der Waals surface area (Å²) in [6, 6.07) is 8.68. The first kappa shape index (κ1) is 14.6. The van der Waals surface area contributed by atoms with Crippen LogP contribution in [-0.2, 0) is 11.2 Å². The van der Waals surface area contributed by atoms with E-state index in [1.807, 2.05) is 0 Å². The minimum absolute atomic E-state index is 0.415. The minimum Gasteiger partial charge on any atom is -0.342 e. The highest BCUT2D eigenvalue weighted by Crippen LogP contribution is 2.33. The van der Waals surface area contributed by atoms with E-state index in [1.165, 1.54) is 43.2 Å². The lowest BCUT2D eigenvalue weighted by Crippen LogP contribution is -2.40. The Balaban J connectivity index is 1.49. The van der Waals surface area contributed by atoms with E-state index < -0.39 is 0 Å². The van der Waals surface area contributed by atoms with Gasteiger partial charge in [0.25, 0.3) is 0 Å². The van der Waals surface area contributed by atoms with Gasteiger partial charge in [-0.15, -0.1) is 0 Å². The molecule has 1 atom stereocenters. The third kappa shape index (κ3) is 4.09. The Morgan fingerprint density at radius 2 is 2.00 bits per heavy atom. The third-order valence-corrected chi connectivity index (χ3v) is 5.12. The molecule has 114 valence electrons. The quantitative estimate of drug-likeness (QED) is 0.801. The Morgan fingerprint density at radius 1 is 1.19 bits per heavy atom. The number of hydrogen-bond donors (Lipinski definition) is 0. The fraction of sp³-hybridized carbons (Fsp3) is 0.632. The molecule has 2 aliphatic rings. The zero-order valence-electron chi connectivity index (χ0n) is 13.2. The van der Waals surface area contributed by atoms with Gasteiger partial charge in [-0.2, -0.15) is 0 Å². The maximum Gasteiger partial charge on any atom is 0.222 e. The molecule has 1 unspecified atom stereocenters. The molecule has 0 radical (unpaired) electrons. The van der Waals surface area contributed by atoms with Crippen molar-refractivity contribution in [1.29, 1.82) is 0 Å². The summed E-state index contributed by atoms with van der Waals surface area (Å²) in [7, 11) is 0. The van der Waals surface area contributed by atoms with Gasteiger partial charge in [0, 0.05) is 19.5 Å². The summed E-state index contributed by atoms with van der Waals surface area (Å²) in [5, 5.41) is 0. The summed E-state index contributed by atoms with van der Waals surface area (Å²) < 4.78 is 0. The highest BCUT2D eigenvalue weighted by atomic mass is 16.2. The van der Waals surface area contributed by atoms with Crippen LogP contribution in [0.4, 0.5) is 0 Å². The van der Waals surface area contributed by atoms with Crippen molar-refractivity contribution in [2.45, 2.75) is 51.9 Å². The summed E-state index contributed by atoms with van der Waals surface area (Å²) in [5.41, 5.74) is 2.87. The molecule has 1 aromatic carbocycles. The van der Waals surface area contributed by atoms with E-state index in [1.54, 1.807) is 0 Å². The molecular formula is C19H27NO. The molecule has 1 saturated carbocycles. The molecule has 0 aromatic heterocycles. The van der Waals surface area contributed by atoms with Gasteiger partial charge in [0.15, 0.2) is 0 Å². The second kappa shape index (κ2) is 6.64. The molecule has 0 bridgehead atoms. The van der Waals surface area contributed by atoms with E-state index in [0.717, 1.165) is 25.9 Å². The average Bonchev–Trinajstić information content (AvgIpc) is 3.31. The molecule has 1 aliphatic heterocycles. The number of rotatable bonds is 5. The van der Waals surface area contributed by atoms with Crippen LogP contribution in [0.2, 0.25) is 0 Å². The number of hydrogen-bond acceptors (Lipinski definition) is 1. The number of likely N-dealkylation sites (tertiary alicyclic amines) is 1. The van der Waals surface area contributed by atoms with Gasteiger partial charge in [-0.3, -0.25) is 4.79 Å². The van der Waals surface area contributed by atoms with Crippen molar-refractivity contribution in [1.82, 2.24) is 4.90 Å². The molecule has 1 aliphatic carbocycles. The van der Waals surface area contributed by atoms with Crippen molar-refractivity contribution in [3.63, 3.8) is 0 Å². The van der Waals surface area contributed by atoms with Crippen LogP contribution < -0.4 is 0 Å². The van der Waals surface area contributed by atoms with Gasteiger partial charge in [-0.1, -0.05) is 24.3 Å². The molecule has 1 heterocycles. The Bertz CT molecular complexity index is 492. The van der Waals surface area contributed by atoms with Crippen LogP contribution in [0.1, 0.15) is 49.7 Å². The fourth-order valence-electron chi connectivity index (χ4n) is 3.48. The Kier molecular flexibility index (Phi) is 4.62. The highest BCUT2D eigenvalue weighted by Gasteiger charge is 2.29. The van der Waals surface area contributed by atoms with Crippen LogP contribution in [0.5, 0.6) is 0 Å². The number of aryl methyl sites for hydroxylation is 2. The average molecular weight is 285 g/mol. The number of carbonyl (C=O) groups is 1. The van der Waals surface area contributed by atoms with Crippen molar-refractivity contribution >= 4 is 5.91 Å². The monoisotopic (exact) mass is 285 g/mol. The first-order valence-corrected chi connectivity index (χ1v) is 8.54. The van der Waals surface area contributed by atoms with Gasteiger partial charge >= 0.3 is 0 Å². The first-order chi connectivity index (χ1) is 10.2. The van der Waals surface area contributed by atoms with Crippen molar-refractivity contribution in [2.24, 2.45) is 11.8 Å². The molecule has 3 rings (SSSR count).